The van der Waals surface area contributed by atoms with Gasteiger partial charge in [0.15, 0.2) is 11.6 Å². The Morgan fingerprint density at radius 1 is 0.123 bits per heavy atom. The standard InChI is InChI=1S/C45H29N5.C40H26N2.C36H24N2/c1-3-14-30(15-4-1)43-46-44(31-16-5-2-6-17-31)48-45(47-43)50-41-25-12-9-22-37(41)38-29-33(26-27-42(38)50)32-18-13-19-34(28-32)49-39-23-10-7-20-35(39)36-21-8-11-24-40(36)49;1-2-12-31(13-3-1)41-37-16-8-6-14-33(37)35-25-29(19-22-39(35)41)30-20-23-40-36(26-30)34-15-7-9-17-38(34)42(40)32-21-18-27-10-4-5-11-28(27)24-32;1-3-11-27(12-4-1)37-33-17-9-7-15-29(33)31-23-25(19-21-35(31)37)26-20-22-36-32(24-26)30-16-8-10-18-34(30)38(36)28-13-5-2-6-14-28/h1-29H;1-26H;1-24H. The van der Waals surface area contributed by atoms with Crippen molar-refractivity contribution in [3.63, 3.8) is 0 Å². The Morgan fingerprint density at radius 3 is 0.692 bits per heavy atom. The molecule has 0 saturated carbocycles. The number of para-hydroxylation sites is 10. The summed E-state index contributed by atoms with van der Waals surface area (Å²) in [4.78, 5) is 15.1. The maximum atomic E-state index is 5.08. The van der Waals surface area contributed by atoms with Gasteiger partial charge < -0.3 is 22.8 Å². The van der Waals surface area contributed by atoms with Crippen molar-refractivity contribution in [2.24, 2.45) is 0 Å². The molecular weight excluding hydrogens is 1580 g/mol. The van der Waals surface area contributed by atoms with Gasteiger partial charge in [0.1, 0.15) is 0 Å². The second kappa shape index (κ2) is 31.3. The van der Waals surface area contributed by atoms with Crippen molar-refractivity contribution in [3.05, 3.63) is 479 Å². The predicted octanol–water partition coefficient (Wildman–Crippen LogP) is 31.3. The molecule has 0 fully saturated rings. The van der Waals surface area contributed by atoms with Crippen LogP contribution in [0.25, 0.3) is 232 Å². The molecule has 0 saturated heterocycles. The van der Waals surface area contributed by atoms with E-state index in [4.69, 9.17) is 15.0 Å². The third kappa shape index (κ3) is 12.7. The molecule has 0 spiro atoms. The highest BCUT2D eigenvalue weighted by Crippen LogP contribution is 2.44. The minimum absolute atomic E-state index is 0.588. The zero-order valence-corrected chi connectivity index (χ0v) is 70.6. The molecule has 7 heterocycles. The minimum Gasteiger partial charge on any atom is -0.309 e. The van der Waals surface area contributed by atoms with Crippen LogP contribution in [0.4, 0.5) is 0 Å². The summed E-state index contributed by atoms with van der Waals surface area (Å²) in [5.74, 6) is 1.86. The first-order chi connectivity index (χ1) is 64.5. The molecule has 27 aromatic rings. The SMILES string of the molecule is c1ccc(-c2nc(-c3ccccc3)nc(-n3c4ccccc4c4cc(-c5cccc(-n6c7ccccc7c7ccccc76)c5)ccc43)n2)cc1.c1ccc(-n2c3ccccc3c3cc(-c4ccc5c(c4)c4ccccc4n5-c4ccc5ccccc5c4)ccc32)cc1.c1ccc(-n2c3ccccc3c3cc(-c4ccc5c(c4)c4ccccc4n5-c4ccccc4)ccc32)cc1. The number of fused-ring (bicyclic) bond motifs is 19. The van der Waals surface area contributed by atoms with Crippen LogP contribution in [0.1, 0.15) is 0 Å². The maximum Gasteiger partial charge on any atom is 0.238 e. The first kappa shape index (κ1) is 75.0. The van der Waals surface area contributed by atoms with Crippen LogP contribution >= 0.6 is 0 Å². The second-order valence-electron chi connectivity index (χ2n) is 33.4. The number of nitrogens with zero attached hydrogens (tertiary/aromatic N) is 9. The van der Waals surface area contributed by atoms with Gasteiger partial charge in [-0.25, -0.2) is 4.98 Å². The van der Waals surface area contributed by atoms with Gasteiger partial charge in [-0.05, 0) is 208 Å². The van der Waals surface area contributed by atoms with Gasteiger partial charge in [0.05, 0.1) is 66.2 Å². The highest BCUT2D eigenvalue weighted by Gasteiger charge is 2.24. The lowest BCUT2D eigenvalue weighted by Crippen LogP contribution is -2.06. The van der Waals surface area contributed by atoms with Gasteiger partial charge in [-0.2, -0.15) is 9.97 Å². The molecule has 27 rings (SSSR count). The first-order valence-corrected chi connectivity index (χ1v) is 44.3. The Labute approximate surface area is 748 Å². The number of aromatic nitrogens is 9. The molecule has 0 unspecified atom stereocenters. The molecule has 0 N–H and O–H groups in total. The molecule has 9 heteroatoms. The van der Waals surface area contributed by atoms with E-state index < -0.39 is 0 Å². The number of benzene rings is 20. The highest BCUT2D eigenvalue weighted by atomic mass is 15.2. The van der Waals surface area contributed by atoms with Crippen LogP contribution in [-0.4, -0.2) is 42.4 Å². The monoisotopic (exact) mass is 1660 g/mol. The molecule has 0 amide bonds. The van der Waals surface area contributed by atoms with Gasteiger partial charge in [-0.15, -0.1) is 0 Å². The fourth-order valence-corrected chi connectivity index (χ4v) is 20.1. The molecule has 0 aliphatic rings. The van der Waals surface area contributed by atoms with Crippen LogP contribution < -0.4 is 0 Å². The van der Waals surface area contributed by atoms with Gasteiger partial charge >= 0.3 is 0 Å². The molecule has 0 radical (unpaired) electrons. The Morgan fingerprint density at radius 2 is 0.354 bits per heavy atom. The van der Waals surface area contributed by atoms with Gasteiger partial charge in [0.25, 0.3) is 0 Å². The van der Waals surface area contributed by atoms with Crippen LogP contribution in [0, 0.1) is 0 Å². The van der Waals surface area contributed by atoms with Gasteiger partial charge in [-0.3, -0.25) is 4.57 Å². The number of rotatable bonds is 11. The number of hydrogen-bond donors (Lipinski definition) is 0. The zero-order valence-electron chi connectivity index (χ0n) is 70.6. The first-order valence-electron chi connectivity index (χ1n) is 44.3. The molecule has 0 bridgehead atoms. The second-order valence-corrected chi connectivity index (χ2v) is 33.4. The smallest absolute Gasteiger partial charge is 0.238 e. The Kier molecular flexibility index (Phi) is 18.1. The largest absolute Gasteiger partial charge is 0.309 e. The Bertz CT molecular complexity index is 8840. The quantitative estimate of drug-likeness (QED) is 0.130. The average Bonchev–Trinajstić information content (AvgIpc) is 1.60. The summed E-state index contributed by atoms with van der Waals surface area (Å²) in [6.07, 6.45) is 0. The molecule has 0 aliphatic heterocycles. The van der Waals surface area contributed by atoms with E-state index in [9.17, 15) is 0 Å². The molecule has 20 aromatic carbocycles. The minimum atomic E-state index is 0.588. The van der Waals surface area contributed by atoms with E-state index in [2.05, 4.69) is 446 Å². The summed E-state index contributed by atoms with van der Waals surface area (Å²) in [5, 5.41) is 17.5. The molecule has 130 heavy (non-hydrogen) atoms. The van der Waals surface area contributed by atoms with E-state index >= 15 is 0 Å². The van der Waals surface area contributed by atoms with Crippen molar-refractivity contribution in [1.29, 1.82) is 0 Å². The molecule has 0 atom stereocenters. The van der Waals surface area contributed by atoms with Crippen molar-refractivity contribution in [3.8, 4) is 90.5 Å². The fourth-order valence-electron chi connectivity index (χ4n) is 20.1. The van der Waals surface area contributed by atoms with Crippen molar-refractivity contribution >= 4 is 142 Å². The summed E-state index contributed by atoms with van der Waals surface area (Å²) in [6, 6.07) is 171. The van der Waals surface area contributed by atoms with Crippen molar-refractivity contribution in [1.82, 2.24) is 42.4 Å². The van der Waals surface area contributed by atoms with Gasteiger partial charge in [0, 0.05) is 104 Å². The van der Waals surface area contributed by atoms with E-state index in [1.54, 1.807) is 0 Å². The molecule has 9 nitrogen and oxygen atoms in total. The van der Waals surface area contributed by atoms with Crippen molar-refractivity contribution < 1.29 is 0 Å². The lowest BCUT2D eigenvalue weighted by atomic mass is 10.0. The lowest BCUT2D eigenvalue weighted by Gasteiger charge is -2.12. The van der Waals surface area contributed by atoms with Crippen LogP contribution in [0.15, 0.2) is 479 Å². The van der Waals surface area contributed by atoms with E-state index in [-0.39, 0.29) is 0 Å². The number of hydrogen-bond acceptors (Lipinski definition) is 3. The highest BCUT2D eigenvalue weighted by molar-refractivity contribution is 6.17. The molecular formula is C121H79N9. The summed E-state index contributed by atoms with van der Waals surface area (Å²) in [5.41, 5.74) is 29.2. The predicted molar refractivity (Wildman–Crippen MR) is 543 cm³/mol. The van der Waals surface area contributed by atoms with E-state index in [1.807, 2.05) is 60.7 Å². The lowest BCUT2D eigenvalue weighted by molar-refractivity contribution is 0.953. The Hall–Kier alpha value is -17.5. The normalized spacial score (nSPS) is 11.7. The summed E-state index contributed by atoms with van der Waals surface area (Å²) in [7, 11) is 0. The van der Waals surface area contributed by atoms with Crippen LogP contribution in [0.2, 0.25) is 0 Å². The summed E-state index contributed by atoms with van der Waals surface area (Å²) in [6.45, 7) is 0. The molecule has 0 aliphatic carbocycles. The van der Waals surface area contributed by atoms with Crippen molar-refractivity contribution in [2.75, 3.05) is 0 Å². The summed E-state index contributed by atoms with van der Waals surface area (Å²) >= 11 is 0. The molecule has 608 valence electrons. The van der Waals surface area contributed by atoms with E-state index in [0.29, 0.717) is 17.6 Å². The van der Waals surface area contributed by atoms with E-state index in [1.165, 1.54) is 165 Å². The van der Waals surface area contributed by atoms with Crippen LogP contribution in [0.5, 0.6) is 0 Å². The Balaban J connectivity index is 0.000000106. The average molecular weight is 1660 g/mol. The summed E-state index contributed by atoms with van der Waals surface area (Å²) < 4.78 is 14.0. The zero-order chi connectivity index (χ0) is 85.7. The van der Waals surface area contributed by atoms with Crippen LogP contribution in [0.3, 0.4) is 0 Å². The van der Waals surface area contributed by atoms with Gasteiger partial charge in [0.2, 0.25) is 5.95 Å². The van der Waals surface area contributed by atoms with Gasteiger partial charge in [-0.1, -0.05) is 315 Å². The third-order valence-electron chi connectivity index (χ3n) is 26.0. The fraction of sp³-hybridized carbons (Fsp3) is 0. The van der Waals surface area contributed by atoms with Crippen LogP contribution in [-0.2, 0) is 0 Å². The topological polar surface area (TPSA) is 68.2 Å². The van der Waals surface area contributed by atoms with Crippen molar-refractivity contribution in [2.45, 2.75) is 0 Å². The third-order valence-corrected chi connectivity index (χ3v) is 26.0. The maximum absolute atomic E-state index is 5.08. The van der Waals surface area contributed by atoms with E-state index in [0.717, 1.165) is 49.7 Å². The molecule has 7 aromatic heterocycles.